The first kappa shape index (κ1) is 9.32. The Hall–Kier alpha value is -0.680. The molecule has 0 spiro atoms. The zero-order valence-corrected chi connectivity index (χ0v) is 6.44. The number of thiocarbonyl (C=S) groups is 1. The molecule has 10 heavy (non-hydrogen) atoms. The standard InChI is InChI=1S/C5H10N2O2S/c1-3(6)5(10)7-2-4(8)9/h3H,2,6H2,1H3,(H,7,10)(H,8,9)/t3-/m0/s1. The molecule has 0 aromatic heterocycles. The highest BCUT2D eigenvalue weighted by atomic mass is 32.1. The molecule has 0 saturated carbocycles. The monoisotopic (exact) mass is 162 g/mol. The second-order valence-corrected chi connectivity index (χ2v) is 2.34. The van der Waals surface area contributed by atoms with Crippen molar-refractivity contribution in [2.24, 2.45) is 5.73 Å². The van der Waals surface area contributed by atoms with Gasteiger partial charge in [-0.3, -0.25) is 4.79 Å². The van der Waals surface area contributed by atoms with Crippen LogP contribution < -0.4 is 11.1 Å². The largest absolute Gasteiger partial charge is 0.480 e. The SMILES string of the molecule is C[C@H](N)C(=S)NCC(=O)O. The van der Waals surface area contributed by atoms with Crippen molar-refractivity contribution in [1.82, 2.24) is 5.32 Å². The van der Waals surface area contributed by atoms with Crippen LogP contribution in [0.25, 0.3) is 0 Å². The van der Waals surface area contributed by atoms with E-state index in [0.29, 0.717) is 4.99 Å². The van der Waals surface area contributed by atoms with E-state index in [2.05, 4.69) is 5.32 Å². The number of carboxylic acid groups (broad SMARTS) is 1. The Kier molecular flexibility index (Phi) is 3.90. The van der Waals surface area contributed by atoms with Gasteiger partial charge in [0.25, 0.3) is 0 Å². The summed E-state index contributed by atoms with van der Waals surface area (Å²) in [5.74, 6) is -0.942. The van der Waals surface area contributed by atoms with Gasteiger partial charge in [0.2, 0.25) is 0 Å². The van der Waals surface area contributed by atoms with Crippen molar-refractivity contribution in [3.8, 4) is 0 Å². The number of aliphatic carboxylic acids is 1. The predicted molar refractivity (Wildman–Crippen MR) is 41.9 cm³/mol. The molecule has 4 nitrogen and oxygen atoms in total. The first-order valence-electron chi connectivity index (χ1n) is 2.79. The molecule has 0 unspecified atom stereocenters. The lowest BCUT2D eigenvalue weighted by atomic mass is 10.3. The Balaban J connectivity index is 3.50. The summed E-state index contributed by atoms with van der Waals surface area (Å²) in [5.41, 5.74) is 5.33. The minimum absolute atomic E-state index is 0.166. The number of hydrogen-bond donors (Lipinski definition) is 3. The molecule has 0 aromatic rings. The maximum atomic E-state index is 9.96. The molecule has 0 aliphatic carbocycles. The predicted octanol–water partition coefficient (Wildman–Crippen LogP) is -0.665. The van der Waals surface area contributed by atoms with Crippen LogP contribution in [-0.2, 0) is 4.79 Å². The van der Waals surface area contributed by atoms with Gasteiger partial charge in [0.15, 0.2) is 0 Å². The fourth-order valence-corrected chi connectivity index (χ4v) is 0.396. The second-order valence-electron chi connectivity index (χ2n) is 1.90. The van der Waals surface area contributed by atoms with Gasteiger partial charge >= 0.3 is 5.97 Å². The van der Waals surface area contributed by atoms with Gasteiger partial charge in [-0.05, 0) is 6.92 Å². The third-order valence-electron chi connectivity index (χ3n) is 0.827. The van der Waals surface area contributed by atoms with Crippen molar-refractivity contribution < 1.29 is 9.90 Å². The van der Waals surface area contributed by atoms with E-state index >= 15 is 0 Å². The van der Waals surface area contributed by atoms with E-state index in [1.165, 1.54) is 0 Å². The summed E-state index contributed by atoms with van der Waals surface area (Å²) in [6, 6.07) is -0.283. The molecule has 4 N–H and O–H groups in total. The zero-order chi connectivity index (χ0) is 8.15. The second kappa shape index (κ2) is 4.19. The smallest absolute Gasteiger partial charge is 0.322 e. The number of carbonyl (C=O) groups is 1. The Morgan fingerprint density at radius 3 is 2.70 bits per heavy atom. The van der Waals surface area contributed by atoms with Crippen LogP contribution in [0.1, 0.15) is 6.92 Å². The van der Waals surface area contributed by atoms with Crippen LogP contribution in [0.15, 0.2) is 0 Å². The van der Waals surface area contributed by atoms with Gasteiger partial charge in [-0.25, -0.2) is 0 Å². The van der Waals surface area contributed by atoms with E-state index in [1.54, 1.807) is 6.92 Å². The molecule has 0 rings (SSSR count). The molecule has 0 amide bonds. The van der Waals surface area contributed by atoms with E-state index in [9.17, 15) is 4.79 Å². The first-order chi connectivity index (χ1) is 4.54. The van der Waals surface area contributed by atoms with Gasteiger partial charge in [-0.2, -0.15) is 0 Å². The average molecular weight is 162 g/mol. The molecule has 0 aliphatic heterocycles. The van der Waals surface area contributed by atoms with Gasteiger partial charge in [0.1, 0.15) is 6.54 Å². The van der Waals surface area contributed by atoms with Crippen molar-refractivity contribution in [3.63, 3.8) is 0 Å². The summed E-state index contributed by atoms with van der Waals surface area (Å²) in [6.45, 7) is 1.53. The molecular formula is C5H10N2O2S. The van der Waals surface area contributed by atoms with E-state index in [-0.39, 0.29) is 12.6 Å². The Morgan fingerprint density at radius 2 is 2.40 bits per heavy atom. The van der Waals surface area contributed by atoms with E-state index < -0.39 is 5.97 Å². The lowest BCUT2D eigenvalue weighted by molar-refractivity contribution is -0.135. The van der Waals surface area contributed by atoms with E-state index in [1.807, 2.05) is 0 Å². The molecule has 0 aliphatic rings. The van der Waals surface area contributed by atoms with Gasteiger partial charge in [0.05, 0.1) is 11.0 Å². The third-order valence-corrected chi connectivity index (χ3v) is 1.34. The summed E-state index contributed by atoms with van der Waals surface area (Å²) >= 11 is 4.70. The summed E-state index contributed by atoms with van der Waals surface area (Å²) in [6.07, 6.45) is 0. The summed E-state index contributed by atoms with van der Waals surface area (Å²) in [7, 11) is 0. The summed E-state index contributed by atoms with van der Waals surface area (Å²) in [4.78, 5) is 10.3. The Bertz CT molecular complexity index is 147. The molecule has 0 aromatic carbocycles. The van der Waals surface area contributed by atoms with Crippen molar-refractivity contribution >= 4 is 23.2 Å². The third kappa shape index (κ3) is 4.22. The molecule has 58 valence electrons. The fourth-order valence-electron chi connectivity index (χ4n) is 0.324. The van der Waals surface area contributed by atoms with Crippen LogP contribution in [0.4, 0.5) is 0 Å². The highest BCUT2D eigenvalue weighted by Gasteiger charge is 2.02. The minimum Gasteiger partial charge on any atom is -0.480 e. The molecule has 0 radical (unpaired) electrons. The van der Waals surface area contributed by atoms with E-state index in [0.717, 1.165) is 0 Å². The van der Waals surface area contributed by atoms with Crippen molar-refractivity contribution in [2.45, 2.75) is 13.0 Å². The number of hydrogen-bond acceptors (Lipinski definition) is 3. The van der Waals surface area contributed by atoms with Crippen molar-refractivity contribution in [2.75, 3.05) is 6.54 Å². The molecule has 0 saturated heterocycles. The highest BCUT2D eigenvalue weighted by Crippen LogP contribution is 1.78. The topological polar surface area (TPSA) is 75.3 Å². The fraction of sp³-hybridized carbons (Fsp3) is 0.600. The number of nitrogens with one attached hydrogen (secondary N) is 1. The lowest BCUT2D eigenvalue weighted by Crippen LogP contribution is -2.39. The highest BCUT2D eigenvalue weighted by molar-refractivity contribution is 7.80. The Morgan fingerprint density at radius 1 is 1.90 bits per heavy atom. The minimum atomic E-state index is -0.942. The lowest BCUT2D eigenvalue weighted by Gasteiger charge is -2.07. The van der Waals surface area contributed by atoms with Gasteiger partial charge in [0, 0.05) is 0 Å². The molecule has 5 heteroatoms. The van der Waals surface area contributed by atoms with Crippen LogP contribution >= 0.6 is 12.2 Å². The summed E-state index contributed by atoms with van der Waals surface area (Å²) < 4.78 is 0. The number of nitrogens with two attached hydrogens (primary N) is 1. The van der Waals surface area contributed by atoms with Crippen molar-refractivity contribution in [1.29, 1.82) is 0 Å². The maximum absolute atomic E-state index is 9.96. The van der Waals surface area contributed by atoms with E-state index in [4.69, 9.17) is 23.1 Å². The number of carboxylic acids is 1. The normalized spacial score (nSPS) is 12.2. The van der Waals surface area contributed by atoms with Crippen molar-refractivity contribution in [3.05, 3.63) is 0 Å². The molecule has 0 bridgehead atoms. The van der Waals surface area contributed by atoms with Crippen LogP contribution in [-0.4, -0.2) is 28.7 Å². The van der Waals surface area contributed by atoms with Gasteiger partial charge in [-0.1, -0.05) is 12.2 Å². The zero-order valence-electron chi connectivity index (χ0n) is 5.63. The molecule has 1 atom stereocenters. The molecule has 0 fully saturated rings. The molecule has 0 heterocycles. The number of rotatable bonds is 3. The first-order valence-corrected chi connectivity index (χ1v) is 3.20. The Labute approximate surface area is 64.4 Å². The van der Waals surface area contributed by atoms with Crippen LogP contribution in [0.5, 0.6) is 0 Å². The summed E-state index contributed by atoms with van der Waals surface area (Å²) in [5, 5.41) is 10.7. The van der Waals surface area contributed by atoms with Gasteiger partial charge in [-0.15, -0.1) is 0 Å². The van der Waals surface area contributed by atoms with Crippen LogP contribution in [0.3, 0.4) is 0 Å². The van der Waals surface area contributed by atoms with Crippen LogP contribution in [0, 0.1) is 0 Å². The average Bonchev–Trinajstić information content (AvgIpc) is 1.82. The maximum Gasteiger partial charge on any atom is 0.322 e. The molecular weight excluding hydrogens is 152 g/mol. The van der Waals surface area contributed by atoms with Gasteiger partial charge < -0.3 is 16.2 Å². The quantitative estimate of drug-likeness (QED) is 0.480. The van der Waals surface area contributed by atoms with Crippen LogP contribution in [0.2, 0.25) is 0 Å².